The van der Waals surface area contributed by atoms with Gasteiger partial charge in [0, 0.05) is 0 Å². The van der Waals surface area contributed by atoms with Crippen molar-refractivity contribution in [2.24, 2.45) is 0 Å². The standard InChI is InChI=1S/C21H24/c1-6-8-12-17(3)13-11-15-20(7-2)19(5)21-16-10-9-14-18(21)4/h6-16H,1,4H2,2-3,5H3/b12-8-,15-11+,17-13-,20-7-,21-19-. The largest absolute Gasteiger partial charge is 0.0991 e. The molecule has 0 N–H and O–H groups in total. The van der Waals surface area contributed by atoms with Crippen molar-refractivity contribution in [3.63, 3.8) is 0 Å². The van der Waals surface area contributed by atoms with Gasteiger partial charge in [0.25, 0.3) is 0 Å². The Kier molecular flexibility index (Phi) is 6.97. The van der Waals surface area contributed by atoms with Crippen LogP contribution in [0.2, 0.25) is 0 Å². The van der Waals surface area contributed by atoms with Crippen LogP contribution in [0, 0.1) is 0 Å². The summed E-state index contributed by atoms with van der Waals surface area (Å²) in [5.74, 6) is 0. The minimum absolute atomic E-state index is 1.06. The monoisotopic (exact) mass is 276 g/mol. The maximum Gasteiger partial charge on any atom is -0.0155 e. The van der Waals surface area contributed by atoms with Gasteiger partial charge in [-0.15, -0.1) is 0 Å². The summed E-state index contributed by atoms with van der Waals surface area (Å²) >= 11 is 0. The Bertz CT molecular complexity index is 707. The highest BCUT2D eigenvalue weighted by molar-refractivity contribution is 5.66. The second-order valence-corrected chi connectivity index (χ2v) is 4.89. The normalized spacial score (nSPS) is 14.8. The van der Waals surface area contributed by atoms with Crippen LogP contribution in [0.1, 0.15) is 20.8 Å². The van der Waals surface area contributed by atoms with Gasteiger partial charge in [-0.05, 0) is 42.4 Å². The molecule has 0 bridgehead atoms. The average molecular weight is 276 g/mol. The maximum atomic E-state index is 4.10. The van der Waals surface area contributed by atoms with E-state index in [9.17, 15) is 0 Å². The molecule has 0 nitrogen and oxygen atoms in total. The van der Waals surface area contributed by atoms with Crippen molar-refractivity contribution in [1.82, 2.24) is 0 Å². The molecule has 0 aliphatic heterocycles. The SMILES string of the molecule is C=C\C=C/C(C)=C\C=C\C(=C\C)C(\C)=c1\ccccc1=C. The average Bonchev–Trinajstić information content (AvgIpc) is 2.49. The third-order valence-corrected chi connectivity index (χ3v) is 3.30. The Morgan fingerprint density at radius 1 is 1.05 bits per heavy atom. The first-order valence-electron chi connectivity index (χ1n) is 7.15. The van der Waals surface area contributed by atoms with E-state index in [2.05, 4.69) is 70.4 Å². The molecule has 108 valence electrons. The van der Waals surface area contributed by atoms with Crippen LogP contribution in [0.3, 0.4) is 0 Å². The van der Waals surface area contributed by atoms with E-state index in [4.69, 9.17) is 0 Å². The molecule has 0 radical (unpaired) electrons. The molecule has 0 heterocycles. The molecule has 0 saturated carbocycles. The van der Waals surface area contributed by atoms with Crippen molar-refractivity contribution < 1.29 is 0 Å². The predicted octanol–water partition coefficient (Wildman–Crippen LogP) is 4.46. The van der Waals surface area contributed by atoms with Gasteiger partial charge in [0.15, 0.2) is 0 Å². The molecule has 0 amide bonds. The fourth-order valence-corrected chi connectivity index (χ4v) is 2.06. The Balaban J connectivity index is 3.10. The van der Waals surface area contributed by atoms with Gasteiger partial charge in [-0.25, -0.2) is 0 Å². The summed E-state index contributed by atoms with van der Waals surface area (Å²) in [4.78, 5) is 0. The van der Waals surface area contributed by atoms with Gasteiger partial charge in [0.05, 0.1) is 0 Å². The van der Waals surface area contributed by atoms with E-state index in [1.165, 1.54) is 21.9 Å². The third kappa shape index (κ3) is 5.27. The van der Waals surface area contributed by atoms with Crippen LogP contribution in [0.5, 0.6) is 0 Å². The summed E-state index contributed by atoms with van der Waals surface area (Å²) in [7, 11) is 0. The van der Waals surface area contributed by atoms with Crippen LogP contribution < -0.4 is 10.4 Å². The summed E-state index contributed by atoms with van der Waals surface area (Å²) in [5, 5.41) is 2.26. The zero-order valence-corrected chi connectivity index (χ0v) is 13.3. The van der Waals surface area contributed by atoms with Crippen LogP contribution in [-0.4, -0.2) is 0 Å². The Morgan fingerprint density at radius 2 is 1.76 bits per heavy atom. The van der Waals surface area contributed by atoms with Crippen molar-refractivity contribution in [3.8, 4) is 0 Å². The van der Waals surface area contributed by atoms with Crippen molar-refractivity contribution in [1.29, 1.82) is 0 Å². The molecule has 1 rings (SSSR count). The number of allylic oxidation sites excluding steroid dienone is 9. The first-order valence-corrected chi connectivity index (χ1v) is 7.15. The van der Waals surface area contributed by atoms with E-state index >= 15 is 0 Å². The second-order valence-electron chi connectivity index (χ2n) is 4.89. The zero-order chi connectivity index (χ0) is 15.7. The molecule has 1 aromatic rings. The Labute approximate surface area is 128 Å². The van der Waals surface area contributed by atoms with Gasteiger partial charge < -0.3 is 0 Å². The van der Waals surface area contributed by atoms with Crippen molar-refractivity contribution in [3.05, 3.63) is 95.0 Å². The van der Waals surface area contributed by atoms with Gasteiger partial charge in [0.1, 0.15) is 0 Å². The molecule has 0 saturated heterocycles. The van der Waals surface area contributed by atoms with E-state index in [-0.39, 0.29) is 0 Å². The lowest BCUT2D eigenvalue weighted by atomic mass is 10.0. The summed E-state index contributed by atoms with van der Waals surface area (Å²) in [6, 6.07) is 8.22. The molecule has 21 heavy (non-hydrogen) atoms. The summed E-state index contributed by atoms with van der Waals surface area (Å²) in [5.41, 5.74) is 3.65. The molecule has 0 spiro atoms. The minimum atomic E-state index is 1.06. The molecule has 0 aliphatic carbocycles. The molecular weight excluding hydrogens is 252 g/mol. The number of rotatable bonds is 5. The number of hydrogen-bond acceptors (Lipinski definition) is 0. The smallest absolute Gasteiger partial charge is 0.0155 e. The van der Waals surface area contributed by atoms with Crippen LogP contribution in [0.15, 0.2) is 84.5 Å². The fraction of sp³-hybridized carbons (Fsp3) is 0.143. The highest BCUT2D eigenvalue weighted by Gasteiger charge is 1.96. The molecule has 0 aliphatic rings. The Hall–Kier alpha value is -2.34. The molecule has 0 fully saturated rings. The molecule has 0 aromatic heterocycles. The summed E-state index contributed by atoms with van der Waals surface area (Å²) < 4.78 is 0. The summed E-state index contributed by atoms with van der Waals surface area (Å²) in [6.45, 7) is 14.0. The third-order valence-electron chi connectivity index (χ3n) is 3.30. The summed E-state index contributed by atoms with van der Waals surface area (Å²) in [6.07, 6.45) is 14.2. The van der Waals surface area contributed by atoms with E-state index < -0.39 is 0 Å². The minimum Gasteiger partial charge on any atom is -0.0991 e. The van der Waals surface area contributed by atoms with E-state index in [0.717, 1.165) is 5.22 Å². The lowest BCUT2D eigenvalue weighted by Crippen LogP contribution is -2.24. The zero-order valence-electron chi connectivity index (χ0n) is 13.3. The Morgan fingerprint density at radius 3 is 2.38 bits per heavy atom. The van der Waals surface area contributed by atoms with E-state index in [0.29, 0.717) is 0 Å². The van der Waals surface area contributed by atoms with Crippen LogP contribution in [0.4, 0.5) is 0 Å². The van der Waals surface area contributed by atoms with Crippen LogP contribution in [-0.2, 0) is 0 Å². The van der Waals surface area contributed by atoms with E-state index in [1.54, 1.807) is 6.08 Å². The molecule has 0 atom stereocenters. The van der Waals surface area contributed by atoms with Crippen molar-refractivity contribution >= 4 is 12.2 Å². The van der Waals surface area contributed by atoms with Gasteiger partial charge in [-0.1, -0.05) is 85.5 Å². The van der Waals surface area contributed by atoms with Crippen LogP contribution in [0.25, 0.3) is 12.2 Å². The van der Waals surface area contributed by atoms with Gasteiger partial charge >= 0.3 is 0 Å². The molecule has 0 heteroatoms. The van der Waals surface area contributed by atoms with Gasteiger partial charge in [-0.3, -0.25) is 0 Å². The molecule has 0 unspecified atom stereocenters. The lowest BCUT2D eigenvalue weighted by molar-refractivity contribution is 1.44. The quantitative estimate of drug-likeness (QED) is 0.697. The fourth-order valence-electron chi connectivity index (χ4n) is 2.06. The molecular formula is C21H24. The first kappa shape index (κ1) is 16.7. The van der Waals surface area contributed by atoms with E-state index in [1.807, 2.05) is 24.3 Å². The topological polar surface area (TPSA) is 0 Å². The van der Waals surface area contributed by atoms with Gasteiger partial charge in [-0.2, -0.15) is 0 Å². The lowest BCUT2D eigenvalue weighted by Gasteiger charge is -2.02. The highest BCUT2D eigenvalue weighted by atomic mass is 14.0. The van der Waals surface area contributed by atoms with Crippen molar-refractivity contribution in [2.75, 3.05) is 0 Å². The number of hydrogen-bond donors (Lipinski definition) is 0. The van der Waals surface area contributed by atoms with Crippen LogP contribution >= 0.6 is 0 Å². The van der Waals surface area contributed by atoms with Crippen molar-refractivity contribution in [2.45, 2.75) is 20.8 Å². The van der Waals surface area contributed by atoms with Gasteiger partial charge in [0.2, 0.25) is 0 Å². The molecule has 1 aromatic carbocycles. The highest BCUT2D eigenvalue weighted by Crippen LogP contribution is 2.10. The predicted molar refractivity (Wildman–Crippen MR) is 96.3 cm³/mol. The number of benzene rings is 1. The maximum absolute atomic E-state index is 4.10. The first-order chi connectivity index (χ1) is 10.1. The second kappa shape index (κ2) is 8.76.